The summed E-state index contributed by atoms with van der Waals surface area (Å²) in [4.78, 5) is 18.7. The molecule has 0 aliphatic carbocycles. The fourth-order valence-corrected chi connectivity index (χ4v) is 4.45. The maximum atomic E-state index is 12.1. The molecule has 3 rings (SSSR count). The molecule has 2 saturated heterocycles. The number of hydrogen-bond acceptors (Lipinski definition) is 5. The third-order valence-corrected chi connectivity index (χ3v) is 5.48. The van der Waals surface area contributed by atoms with Gasteiger partial charge in [0, 0.05) is 37.1 Å². The van der Waals surface area contributed by atoms with Crippen LogP contribution in [0.4, 0.5) is 10.6 Å². The molecule has 1 aromatic heterocycles. The van der Waals surface area contributed by atoms with Gasteiger partial charge in [0.1, 0.15) is 5.82 Å². The standard InChI is InChI=1S/C15H22N4O2S/c20-14(18-13-3-1-2-5-16-13)17-11-15(4-10-22-12-15)19-6-8-21-9-7-19/h1-3,5H,4,6-12H2,(H2,16,17,18,20)/t15-/m0/s1. The van der Waals surface area contributed by atoms with E-state index in [4.69, 9.17) is 4.74 Å². The highest BCUT2D eigenvalue weighted by Crippen LogP contribution is 2.33. The van der Waals surface area contributed by atoms with E-state index in [1.54, 1.807) is 12.3 Å². The van der Waals surface area contributed by atoms with E-state index in [0.717, 1.165) is 44.2 Å². The topological polar surface area (TPSA) is 66.5 Å². The molecule has 0 aromatic carbocycles. The van der Waals surface area contributed by atoms with Crippen LogP contribution < -0.4 is 10.6 Å². The van der Waals surface area contributed by atoms with Crippen LogP contribution in [-0.2, 0) is 4.74 Å². The summed E-state index contributed by atoms with van der Waals surface area (Å²) in [5.41, 5.74) is 0.0654. The van der Waals surface area contributed by atoms with E-state index < -0.39 is 0 Å². The highest BCUT2D eigenvalue weighted by atomic mass is 32.2. The molecule has 22 heavy (non-hydrogen) atoms. The Balaban J connectivity index is 1.56. The first-order valence-corrected chi connectivity index (χ1v) is 8.80. The molecule has 2 N–H and O–H groups in total. The Morgan fingerprint density at radius 3 is 2.95 bits per heavy atom. The van der Waals surface area contributed by atoms with Crippen molar-refractivity contribution in [3.63, 3.8) is 0 Å². The fraction of sp³-hybridized carbons (Fsp3) is 0.600. The number of urea groups is 1. The lowest BCUT2D eigenvalue weighted by atomic mass is 9.95. The summed E-state index contributed by atoms with van der Waals surface area (Å²) in [7, 11) is 0. The maximum absolute atomic E-state index is 12.1. The third kappa shape index (κ3) is 3.71. The van der Waals surface area contributed by atoms with Crippen LogP contribution in [0.1, 0.15) is 6.42 Å². The molecule has 0 radical (unpaired) electrons. The van der Waals surface area contributed by atoms with Crippen molar-refractivity contribution in [2.75, 3.05) is 49.7 Å². The molecule has 7 heteroatoms. The summed E-state index contributed by atoms with van der Waals surface area (Å²) in [5, 5.41) is 5.80. The van der Waals surface area contributed by atoms with Gasteiger partial charge >= 0.3 is 6.03 Å². The number of thioether (sulfide) groups is 1. The van der Waals surface area contributed by atoms with Crippen LogP contribution in [0.5, 0.6) is 0 Å². The monoisotopic (exact) mass is 322 g/mol. The van der Waals surface area contributed by atoms with Gasteiger partial charge in [-0.2, -0.15) is 11.8 Å². The minimum absolute atomic E-state index is 0.0654. The predicted molar refractivity (Wildman–Crippen MR) is 88.3 cm³/mol. The van der Waals surface area contributed by atoms with Gasteiger partial charge in [0.05, 0.1) is 13.2 Å². The van der Waals surface area contributed by atoms with Crippen LogP contribution in [0.25, 0.3) is 0 Å². The van der Waals surface area contributed by atoms with Crippen molar-refractivity contribution < 1.29 is 9.53 Å². The molecule has 2 fully saturated rings. The van der Waals surface area contributed by atoms with E-state index in [1.165, 1.54) is 0 Å². The predicted octanol–water partition coefficient (Wildman–Crippen LogP) is 1.41. The molecule has 0 spiro atoms. The smallest absolute Gasteiger partial charge is 0.320 e. The van der Waals surface area contributed by atoms with Crippen LogP contribution in [0, 0.1) is 0 Å². The van der Waals surface area contributed by atoms with Gasteiger partial charge in [-0.25, -0.2) is 9.78 Å². The Hall–Kier alpha value is -1.31. The average molecular weight is 322 g/mol. The Morgan fingerprint density at radius 2 is 2.27 bits per heavy atom. The lowest BCUT2D eigenvalue weighted by molar-refractivity contribution is -0.0123. The van der Waals surface area contributed by atoms with E-state index in [-0.39, 0.29) is 11.6 Å². The summed E-state index contributed by atoms with van der Waals surface area (Å²) < 4.78 is 5.45. The van der Waals surface area contributed by atoms with E-state index in [9.17, 15) is 4.79 Å². The summed E-state index contributed by atoms with van der Waals surface area (Å²) in [6, 6.07) is 5.27. The molecule has 6 nitrogen and oxygen atoms in total. The summed E-state index contributed by atoms with van der Waals surface area (Å²) in [5.74, 6) is 2.79. The van der Waals surface area contributed by atoms with Gasteiger partial charge < -0.3 is 10.1 Å². The van der Waals surface area contributed by atoms with Crippen LogP contribution in [0.15, 0.2) is 24.4 Å². The second-order valence-corrected chi connectivity index (χ2v) is 6.75. The largest absolute Gasteiger partial charge is 0.379 e. The number of pyridine rings is 1. The average Bonchev–Trinajstić information content (AvgIpc) is 3.05. The number of morpholine rings is 1. The van der Waals surface area contributed by atoms with Gasteiger partial charge in [-0.15, -0.1) is 0 Å². The Kier molecular flexibility index (Phi) is 5.17. The van der Waals surface area contributed by atoms with E-state index >= 15 is 0 Å². The number of carbonyl (C=O) groups is 1. The number of rotatable bonds is 4. The molecule has 0 saturated carbocycles. The number of carbonyl (C=O) groups excluding carboxylic acids is 1. The van der Waals surface area contributed by atoms with E-state index in [1.807, 2.05) is 23.9 Å². The highest BCUT2D eigenvalue weighted by Gasteiger charge is 2.40. The molecule has 0 unspecified atom stereocenters. The molecular formula is C15H22N4O2S. The maximum Gasteiger partial charge on any atom is 0.320 e. The molecular weight excluding hydrogens is 300 g/mol. The third-order valence-electron chi connectivity index (χ3n) is 4.25. The first kappa shape index (κ1) is 15.6. The van der Waals surface area contributed by atoms with Gasteiger partial charge in [-0.05, 0) is 24.3 Å². The van der Waals surface area contributed by atoms with E-state index in [0.29, 0.717) is 12.4 Å². The Labute approximate surface area is 135 Å². The summed E-state index contributed by atoms with van der Waals surface area (Å²) in [6.45, 7) is 4.13. The van der Waals surface area contributed by atoms with Crippen molar-refractivity contribution in [3.05, 3.63) is 24.4 Å². The minimum Gasteiger partial charge on any atom is -0.379 e. The van der Waals surface area contributed by atoms with Crippen molar-refractivity contribution in [1.82, 2.24) is 15.2 Å². The first-order chi connectivity index (χ1) is 10.8. The summed E-state index contributed by atoms with van der Waals surface area (Å²) in [6.07, 6.45) is 2.78. The van der Waals surface area contributed by atoms with Gasteiger partial charge in [-0.1, -0.05) is 6.07 Å². The molecule has 2 amide bonds. The zero-order chi connectivity index (χ0) is 15.3. The molecule has 2 aliphatic rings. The number of nitrogens with one attached hydrogen (secondary N) is 2. The number of anilines is 1. The second-order valence-electron chi connectivity index (χ2n) is 5.65. The molecule has 120 valence electrons. The lowest BCUT2D eigenvalue weighted by Crippen LogP contribution is -2.59. The van der Waals surface area contributed by atoms with Crippen molar-refractivity contribution in [2.24, 2.45) is 0 Å². The molecule has 1 aromatic rings. The molecule has 1 atom stereocenters. The SMILES string of the molecule is O=C(NC[C@@]1(N2CCOCC2)CCSC1)Nc1ccccn1. The van der Waals surface area contributed by atoms with Crippen molar-refractivity contribution in [2.45, 2.75) is 12.0 Å². The lowest BCUT2D eigenvalue weighted by Gasteiger charge is -2.42. The van der Waals surface area contributed by atoms with Gasteiger partial charge in [0.25, 0.3) is 0 Å². The summed E-state index contributed by atoms with van der Waals surface area (Å²) >= 11 is 1.96. The van der Waals surface area contributed by atoms with Crippen LogP contribution in [0.3, 0.4) is 0 Å². The van der Waals surface area contributed by atoms with Gasteiger partial charge in [0.15, 0.2) is 0 Å². The fourth-order valence-electron chi connectivity index (χ4n) is 2.98. The van der Waals surface area contributed by atoms with Gasteiger partial charge in [-0.3, -0.25) is 10.2 Å². The van der Waals surface area contributed by atoms with Crippen LogP contribution >= 0.6 is 11.8 Å². The Morgan fingerprint density at radius 1 is 1.41 bits per heavy atom. The normalized spacial score (nSPS) is 25.8. The van der Waals surface area contributed by atoms with Crippen LogP contribution in [0.2, 0.25) is 0 Å². The number of aromatic nitrogens is 1. The molecule has 2 aliphatic heterocycles. The minimum atomic E-state index is -0.191. The first-order valence-electron chi connectivity index (χ1n) is 7.65. The Bertz CT molecular complexity index is 488. The van der Waals surface area contributed by atoms with Crippen molar-refractivity contribution >= 4 is 23.6 Å². The number of nitrogens with zero attached hydrogens (tertiary/aromatic N) is 2. The zero-order valence-corrected chi connectivity index (χ0v) is 13.4. The second kappa shape index (κ2) is 7.30. The number of hydrogen-bond donors (Lipinski definition) is 2. The van der Waals surface area contributed by atoms with Gasteiger partial charge in [0.2, 0.25) is 0 Å². The van der Waals surface area contributed by atoms with E-state index in [2.05, 4.69) is 20.5 Å². The van der Waals surface area contributed by atoms with Crippen molar-refractivity contribution in [3.8, 4) is 0 Å². The van der Waals surface area contributed by atoms with Crippen LogP contribution in [-0.4, -0.2) is 65.8 Å². The highest BCUT2D eigenvalue weighted by molar-refractivity contribution is 7.99. The quantitative estimate of drug-likeness (QED) is 0.877. The molecule has 3 heterocycles. The van der Waals surface area contributed by atoms with Crippen molar-refractivity contribution in [1.29, 1.82) is 0 Å². The molecule has 0 bridgehead atoms. The zero-order valence-electron chi connectivity index (χ0n) is 12.6. The number of ether oxygens (including phenoxy) is 1. The number of amides is 2.